The second kappa shape index (κ2) is 6.31. The van der Waals surface area contributed by atoms with E-state index in [1.807, 2.05) is 20.7 Å². The van der Waals surface area contributed by atoms with E-state index in [1.165, 1.54) is 0 Å². The molecule has 0 aromatic carbocycles. The van der Waals surface area contributed by atoms with Crippen LogP contribution in [-0.2, 0) is 0 Å². The van der Waals surface area contributed by atoms with Crippen LogP contribution in [0.3, 0.4) is 0 Å². The smallest absolute Gasteiger partial charge is 0.138 e. The predicted octanol–water partition coefficient (Wildman–Crippen LogP) is 2.02. The zero-order chi connectivity index (χ0) is 7.82. The van der Waals surface area contributed by atoms with Crippen molar-refractivity contribution in [3.05, 3.63) is 0 Å². The van der Waals surface area contributed by atoms with Gasteiger partial charge in [0.05, 0.1) is 0 Å². The Bertz CT molecular complexity index is 162. The van der Waals surface area contributed by atoms with E-state index in [4.69, 9.17) is 0 Å². The fourth-order valence-electron chi connectivity index (χ4n) is 0.546. The summed E-state index contributed by atoms with van der Waals surface area (Å²) in [5.41, 5.74) is 0. The van der Waals surface area contributed by atoms with Gasteiger partial charge in [0, 0.05) is 12.8 Å². The van der Waals surface area contributed by atoms with Crippen LogP contribution in [0.2, 0.25) is 6.82 Å². The van der Waals surface area contributed by atoms with Gasteiger partial charge in [0.25, 0.3) is 0 Å². The lowest BCUT2D eigenvalue weighted by molar-refractivity contribution is 1.28. The fraction of sp³-hybridized carbons (Fsp3) is 0.556. The lowest BCUT2D eigenvalue weighted by Gasteiger charge is -1.81. The Balaban J connectivity index is 3.73. The minimum atomic E-state index is 0.250. The van der Waals surface area contributed by atoms with Crippen LogP contribution in [0.5, 0.6) is 0 Å². The van der Waals surface area contributed by atoms with E-state index in [-0.39, 0.29) is 6.71 Å². The molecule has 0 aromatic heterocycles. The van der Waals surface area contributed by atoms with Gasteiger partial charge >= 0.3 is 6.71 Å². The summed E-state index contributed by atoms with van der Waals surface area (Å²) in [5, 5.41) is 0. The first-order valence-electron chi connectivity index (χ1n) is 3.78. The summed E-state index contributed by atoms with van der Waals surface area (Å²) in [6.07, 6.45) is 1.86. The molecule has 0 aliphatic heterocycles. The molecule has 0 bridgehead atoms. The van der Waals surface area contributed by atoms with E-state index < -0.39 is 0 Å². The van der Waals surface area contributed by atoms with Crippen LogP contribution in [0.25, 0.3) is 0 Å². The van der Waals surface area contributed by atoms with Crippen LogP contribution < -0.4 is 0 Å². The van der Waals surface area contributed by atoms with Gasteiger partial charge in [0.2, 0.25) is 0 Å². The van der Waals surface area contributed by atoms with Gasteiger partial charge in [-0.3, -0.25) is 0 Å². The number of hydrogen-bond donors (Lipinski definition) is 0. The monoisotopic (exact) mass is 132 g/mol. The Morgan fingerprint density at radius 3 is 1.70 bits per heavy atom. The molecule has 0 saturated carbocycles. The van der Waals surface area contributed by atoms with Gasteiger partial charge in [-0.05, 0) is 0 Å². The molecular formula is C9H13B. The number of rotatable bonds is 0. The van der Waals surface area contributed by atoms with Crippen molar-refractivity contribution in [1.82, 2.24) is 0 Å². The summed E-state index contributed by atoms with van der Waals surface area (Å²) in [4.78, 5) is 0. The van der Waals surface area contributed by atoms with Crippen molar-refractivity contribution in [2.45, 2.75) is 33.5 Å². The molecule has 0 atom stereocenters. The van der Waals surface area contributed by atoms with Gasteiger partial charge in [-0.1, -0.05) is 20.7 Å². The number of hydrogen-bond acceptors (Lipinski definition) is 0. The zero-order valence-electron chi connectivity index (χ0n) is 6.99. The Kier molecular flexibility index (Phi) is 5.79. The summed E-state index contributed by atoms with van der Waals surface area (Å²) >= 11 is 0. The molecule has 0 radical (unpaired) electrons. The molecule has 10 heavy (non-hydrogen) atoms. The summed E-state index contributed by atoms with van der Waals surface area (Å²) in [6, 6.07) is 0. The molecule has 0 fully saturated rings. The third kappa shape index (κ3) is 5.32. The van der Waals surface area contributed by atoms with Gasteiger partial charge in [-0.2, -0.15) is 0 Å². The third-order valence-electron chi connectivity index (χ3n) is 0.991. The van der Waals surface area contributed by atoms with Crippen molar-refractivity contribution in [2.75, 3.05) is 0 Å². The molecule has 0 aliphatic carbocycles. The van der Waals surface area contributed by atoms with Gasteiger partial charge in [-0.15, -0.1) is 23.5 Å². The molecule has 0 spiro atoms. The minimum Gasteiger partial charge on any atom is -0.138 e. The van der Waals surface area contributed by atoms with Gasteiger partial charge in [0.1, 0.15) is 0 Å². The van der Waals surface area contributed by atoms with E-state index in [9.17, 15) is 0 Å². The zero-order valence-corrected chi connectivity index (χ0v) is 6.99. The molecule has 0 amide bonds. The summed E-state index contributed by atoms with van der Waals surface area (Å²) < 4.78 is 0. The van der Waals surface area contributed by atoms with Crippen molar-refractivity contribution in [2.24, 2.45) is 0 Å². The van der Waals surface area contributed by atoms with Crippen LogP contribution in [0.15, 0.2) is 0 Å². The van der Waals surface area contributed by atoms with Gasteiger partial charge in [-0.25, -0.2) is 0 Å². The summed E-state index contributed by atoms with van der Waals surface area (Å²) in [5.74, 6) is 12.1. The van der Waals surface area contributed by atoms with Crippen molar-refractivity contribution in [1.29, 1.82) is 0 Å². The second-order valence-corrected chi connectivity index (χ2v) is 2.07. The Morgan fingerprint density at radius 2 is 1.40 bits per heavy atom. The lowest BCUT2D eigenvalue weighted by atomic mass is 9.54. The molecule has 0 aliphatic rings. The van der Waals surface area contributed by atoms with E-state index in [0.717, 1.165) is 12.8 Å². The van der Waals surface area contributed by atoms with Crippen LogP contribution >= 0.6 is 0 Å². The van der Waals surface area contributed by atoms with Crippen molar-refractivity contribution in [3.63, 3.8) is 0 Å². The van der Waals surface area contributed by atoms with E-state index in [0.29, 0.717) is 0 Å². The summed E-state index contributed by atoms with van der Waals surface area (Å²) in [6.45, 7) is 6.38. The largest absolute Gasteiger partial charge is 0.312 e. The van der Waals surface area contributed by atoms with Crippen molar-refractivity contribution < 1.29 is 0 Å². The topological polar surface area (TPSA) is 0 Å². The van der Waals surface area contributed by atoms with Crippen LogP contribution in [0, 0.1) is 23.5 Å². The highest BCUT2D eigenvalue weighted by Gasteiger charge is 1.93. The van der Waals surface area contributed by atoms with Crippen molar-refractivity contribution >= 4 is 6.71 Å². The highest BCUT2D eigenvalue weighted by atomic mass is 13.6. The highest BCUT2D eigenvalue weighted by molar-refractivity contribution is 6.74. The highest BCUT2D eigenvalue weighted by Crippen LogP contribution is 1.77. The first-order valence-corrected chi connectivity index (χ1v) is 3.78. The second-order valence-electron chi connectivity index (χ2n) is 2.07. The Hall–Kier alpha value is -0.815. The average molecular weight is 132 g/mol. The SMILES string of the molecule is CCC#CB(C)C#CCC. The summed E-state index contributed by atoms with van der Waals surface area (Å²) in [7, 11) is 0. The van der Waals surface area contributed by atoms with E-state index in [1.54, 1.807) is 0 Å². The van der Waals surface area contributed by atoms with E-state index in [2.05, 4.69) is 23.5 Å². The standard InChI is InChI=1S/C9H13B/c1-4-6-8-10(3)9-7-5-2/h4-5H2,1-3H3. The molecule has 52 valence electrons. The molecule has 1 heteroatoms. The normalized spacial score (nSPS) is 6.70. The predicted molar refractivity (Wildman–Crippen MR) is 47.8 cm³/mol. The molecule has 0 unspecified atom stereocenters. The lowest BCUT2D eigenvalue weighted by Crippen LogP contribution is -1.98. The Labute approximate surface area is 64.5 Å². The van der Waals surface area contributed by atoms with Crippen LogP contribution in [0.1, 0.15) is 26.7 Å². The van der Waals surface area contributed by atoms with E-state index >= 15 is 0 Å². The van der Waals surface area contributed by atoms with Gasteiger partial charge in [0.15, 0.2) is 0 Å². The fourth-order valence-corrected chi connectivity index (χ4v) is 0.546. The third-order valence-corrected chi connectivity index (χ3v) is 0.991. The first kappa shape index (κ1) is 9.18. The minimum absolute atomic E-state index is 0.250. The van der Waals surface area contributed by atoms with Crippen molar-refractivity contribution in [3.8, 4) is 23.5 Å². The van der Waals surface area contributed by atoms with Crippen LogP contribution in [-0.4, -0.2) is 6.71 Å². The molecule has 0 heterocycles. The van der Waals surface area contributed by atoms with Crippen LogP contribution in [0.4, 0.5) is 0 Å². The maximum Gasteiger partial charge on any atom is 0.312 e. The molecule has 0 N–H and O–H groups in total. The first-order chi connectivity index (χ1) is 4.81. The molecule has 0 rings (SSSR count). The average Bonchev–Trinajstić information content (AvgIpc) is 1.97. The Morgan fingerprint density at radius 1 is 1.00 bits per heavy atom. The molecular weight excluding hydrogens is 119 g/mol. The maximum atomic E-state index is 3.04. The molecule has 0 saturated heterocycles. The molecule has 0 nitrogen and oxygen atoms in total. The quantitative estimate of drug-likeness (QED) is 0.349. The molecule has 0 aromatic rings. The van der Waals surface area contributed by atoms with Gasteiger partial charge < -0.3 is 0 Å². The maximum absolute atomic E-state index is 3.04.